The van der Waals surface area contributed by atoms with Gasteiger partial charge in [0.25, 0.3) is 5.91 Å². The Morgan fingerprint density at radius 1 is 1.38 bits per heavy atom. The lowest BCUT2D eigenvalue weighted by atomic mass is 9.87. The zero-order chi connectivity index (χ0) is 20.8. The van der Waals surface area contributed by atoms with E-state index < -0.39 is 24.2 Å². The van der Waals surface area contributed by atoms with Crippen LogP contribution < -0.4 is 10.1 Å². The van der Waals surface area contributed by atoms with Gasteiger partial charge in [-0.25, -0.2) is 4.39 Å². The summed E-state index contributed by atoms with van der Waals surface area (Å²) in [6, 6.07) is 2.87. The number of fused-ring (bicyclic) bond motifs is 1. The molecule has 2 aliphatic heterocycles. The van der Waals surface area contributed by atoms with Crippen molar-refractivity contribution in [1.29, 1.82) is 0 Å². The Bertz CT molecular complexity index is 811. The Hall–Kier alpha value is -1.68. The smallest absolute Gasteiger partial charge is 0.322 e. The lowest BCUT2D eigenvalue weighted by molar-refractivity contribution is -0.135. The molecule has 2 saturated heterocycles. The molecule has 158 valence electrons. The number of benzene rings is 1. The van der Waals surface area contributed by atoms with E-state index in [-0.39, 0.29) is 24.8 Å². The van der Waals surface area contributed by atoms with E-state index in [4.69, 9.17) is 9.84 Å². The number of halogens is 1. The van der Waals surface area contributed by atoms with E-state index in [0.717, 1.165) is 30.0 Å². The average molecular weight is 421 g/mol. The summed E-state index contributed by atoms with van der Waals surface area (Å²) in [5, 5.41) is 11.0. The largest absolute Gasteiger partial charge is 0.493 e. The van der Waals surface area contributed by atoms with Gasteiger partial charge in [-0.3, -0.25) is 9.59 Å². The summed E-state index contributed by atoms with van der Waals surface area (Å²) < 4.78 is 20.8. The molecule has 3 fully saturated rings. The van der Waals surface area contributed by atoms with Crippen molar-refractivity contribution in [3.8, 4) is 5.75 Å². The number of carboxylic acid groups (broad SMARTS) is 1. The topological polar surface area (TPSA) is 75.6 Å². The Kier molecular flexibility index (Phi) is 5.58. The lowest BCUT2D eigenvalue weighted by Crippen LogP contribution is -2.30. The summed E-state index contributed by atoms with van der Waals surface area (Å²) in [5.74, 6) is -0.847. The molecule has 1 saturated carbocycles. The lowest BCUT2D eigenvalue weighted by Gasteiger charge is -2.26. The van der Waals surface area contributed by atoms with Gasteiger partial charge in [0.15, 0.2) is 0 Å². The molecule has 2 heterocycles. The quantitative estimate of drug-likeness (QED) is 0.647. The predicted molar refractivity (Wildman–Crippen MR) is 111 cm³/mol. The van der Waals surface area contributed by atoms with Crippen LogP contribution in [0.2, 0.25) is 0 Å². The van der Waals surface area contributed by atoms with Gasteiger partial charge in [0.05, 0.1) is 12.2 Å². The maximum Gasteiger partial charge on any atom is 0.322 e. The standard InChI is InChI=1S/C22H29FNO4P/c1-13-5-15-8-22(2,12-29(15)10-13)11-28-19-7-18(23)17(6-16(19)14-3-4-14)21(27)24-9-20(25)26/h6-7,13-15H,3-5,8-12H2,1-2H3,(H,24,27)(H,25,26). The molecule has 3 aliphatic rings. The van der Waals surface area contributed by atoms with Crippen LogP contribution in [0.5, 0.6) is 5.75 Å². The van der Waals surface area contributed by atoms with Crippen LogP contribution in [0, 0.1) is 17.2 Å². The number of rotatable bonds is 7. The first-order valence-corrected chi connectivity index (χ1v) is 12.2. The van der Waals surface area contributed by atoms with Crippen LogP contribution in [-0.4, -0.2) is 48.1 Å². The van der Waals surface area contributed by atoms with E-state index in [9.17, 15) is 14.0 Å². The number of hydrogen-bond acceptors (Lipinski definition) is 3. The highest BCUT2D eigenvalue weighted by Gasteiger charge is 2.46. The van der Waals surface area contributed by atoms with Crippen LogP contribution in [-0.2, 0) is 4.79 Å². The SMILES string of the molecule is CC1CC2CC(C)(COc3cc(F)c(C(=O)NCC(=O)O)cc3C3CC3)CP2C1. The third-order valence-electron chi connectivity index (χ3n) is 6.39. The number of aliphatic carboxylic acids is 1. The molecule has 4 atom stereocenters. The molecule has 1 aromatic rings. The van der Waals surface area contributed by atoms with Crippen molar-refractivity contribution < 1.29 is 23.8 Å². The molecule has 4 rings (SSSR count). The van der Waals surface area contributed by atoms with E-state index in [1.54, 1.807) is 6.07 Å². The highest BCUT2D eigenvalue weighted by atomic mass is 31.1. The molecule has 7 heteroatoms. The van der Waals surface area contributed by atoms with E-state index in [1.807, 2.05) is 0 Å². The minimum Gasteiger partial charge on any atom is -0.493 e. The number of nitrogens with one attached hydrogen (secondary N) is 1. The number of amides is 1. The van der Waals surface area contributed by atoms with Gasteiger partial charge in [0, 0.05) is 11.5 Å². The van der Waals surface area contributed by atoms with Crippen molar-refractivity contribution in [2.24, 2.45) is 11.3 Å². The van der Waals surface area contributed by atoms with Crippen LogP contribution in [0.4, 0.5) is 4.39 Å². The van der Waals surface area contributed by atoms with Crippen LogP contribution in [0.3, 0.4) is 0 Å². The first-order chi connectivity index (χ1) is 13.7. The highest BCUT2D eigenvalue weighted by molar-refractivity contribution is 7.59. The molecule has 0 spiro atoms. The number of hydrogen-bond donors (Lipinski definition) is 2. The summed E-state index contributed by atoms with van der Waals surface area (Å²) in [7, 11) is 0.107. The molecule has 5 nitrogen and oxygen atoms in total. The molecule has 0 bridgehead atoms. The van der Waals surface area contributed by atoms with Crippen molar-refractivity contribution in [2.75, 3.05) is 25.5 Å². The third kappa shape index (κ3) is 4.58. The molecule has 0 aromatic heterocycles. The monoisotopic (exact) mass is 421 g/mol. The fourth-order valence-corrected chi connectivity index (χ4v) is 9.15. The zero-order valence-electron chi connectivity index (χ0n) is 17.0. The first-order valence-electron chi connectivity index (χ1n) is 10.4. The van der Waals surface area contributed by atoms with Gasteiger partial charge >= 0.3 is 5.97 Å². The van der Waals surface area contributed by atoms with Crippen LogP contribution in [0.1, 0.15) is 61.4 Å². The van der Waals surface area contributed by atoms with Gasteiger partial charge in [0.2, 0.25) is 0 Å². The number of carbonyl (C=O) groups excluding carboxylic acids is 1. The summed E-state index contributed by atoms with van der Waals surface area (Å²) in [5.41, 5.74) is 1.76. The molecular weight excluding hydrogens is 392 g/mol. The first kappa shape index (κ1) is 20.6. The maximum atomic E-state index is 14.6. The minimum absolute atomic E-state index is 0.107. The van der Waals surface area contributed by atoms with Crippen LogP contribution >= 0.6 is 7.92 Å². The zero-order valence-corrected chi connectivity index (χ0v) is 17.9. The summed E-state index contributed by atoms with van der Waals surface area (Å²) in [6.45, 7) is 4.70. The Morgan fingerprint density at radius 2 is 2.14 bits per heavy atom. The molecule has 0 radical (unpaired) electrons. The van der Waals surface area contributed by atoms with Crippen molar-refractivity contribution in [3.05, 3.63) is 29.1 Å². The molecule has 2 N–H and O–H groups in total. The van der Waals surface area contributed by atoms with Gasteiger partial charge in [-0.05, 0) is 67.1 Å². The second kappa shape index (κ2) is 7.86. The van der Waals surface area contributed by atoms with Crippen molar-refractivity contribution in [1.82, 2.24) is 5.32 Å². The second-order valence-corrected chi connectivity index (χ2v) is 12.0. The average Bonchev–Trinajstić information content (AvgIpc) is 3.36. The third-order valence-corrected chi connectivity index (χ3v) is 10.1. The van der Waals surface area contributed by atoms with Crippen LogP contribution in [0.15, 0.2) is 12.1 Å². The van der Waals surface area contributed by atoms with Gasteiger partial charge in [-0.2, -0.15) is 0 Å². The Morgan fingerprint density at radius 3 is 2.79 bits per heavy atom. The number of ether oxygens (including phenoxy) is 1. The normalized spacial score (nSPS) is 30.8. The van der Waals surface area contributed by atoms with Gasteiger partial charge in [-0.15, -0.1) is 7.92 Å². The summed E-state index contributed by atoms with van der Waals surface area (Å²) in [4.78, 5) is 22.8. The molecular formula is C22H29FNO4P. The number of carboxylic acids is 1. The second-order valence-electron chi connectivity index (χ2n) is 9.45. The van der Waals surface area contributed by atoms with Crippen molar-refractivity contribution >= 4 is 19.8 Å². The summed E-state index contributed by atoms with van der Waals surface area (Å²) >= 11 is 0. The molecule has 4 unspecified atom stereocenters. The molecule has 29 heavy (non-hydrogen) atoms. The van der Waals surface area contributed by atoms with Crippen molar-refractivity contribution in [2.45, 2.75) is 51.1 Å². The molecule has 1 aromatic carbocycles. The van der Waals surface area contributed by atoms with Crippen LogP contribution in [0.25, 0.3) is 0 Å². The molecule has 1 amide bonds. The Balaban J connectivity index is 1.47. The predicted octanol–water partition coefficient (Wildman–Crippen LogP) is 4.20. The van der Waals surface area contributed by atoms with Gasteiger partial charge < -0.3 is 15.2 Å². The maximum absolute atomic E-state index is 14.6. The summed E-state index contributed by atoms with van der Waals surface area (Å²) in [6.07, 6.45) is 7.14. The fourth-order valence-electron chi connectivity index (χ4n) is 4.96. The van der Waals surface area contributed by atoms with E-state index in [0.29, 0.717) is 12.4 Å². The fraction of sp³-hybridized carbons (Fsp3) is 0.636. The highest BCUT2D eigenvalue weighted by Crippen LogP contribution is 2.64. The minimum atomic E-state index is -1.16. The van der Waals surface area contributed by atoms with E-state index in [1.165, 1.54) is 31.2 Å². The van der Waals surface area contributed by atoms with Crippen molar-refractivity contribution in [3.63, 3.8) is 0 Å². The van der Waals surface area contributed by atoms with E-state index >= 15 is 0 Å². The number of carbonyl (C=O) groups is 2. The Labute approximate surface area is 172 Å². The molecule has 1 aliphatic carbocycles. The van der Waals surface area contributed by atoms with Gasteiger partial charge in [0.1, 0.15) is 18.1 Å². The van der Waals surface area contributed by atoms with E-state index in [2.05, 4.69) is 19.2 Å². The van der Waals surface area contributed by atoms with Gasteiger partial charge in [-0.1, -0.05) is 13.8 Å².